The average molecular weight is 261 g/mol. The summed E-state index contributed by atoms with van der Waals surface area (Å²) in [7, 11) is 1.41. The van der Waals surface area contributed by atoms with Gasteiger partial charge in [0.15, 0.2) is 0 Å². The molecule has 0 amide bonds. The molecule has 0 spiro atoms. The molecule has 0 saturated carbocycles. The zero-order valence-corrected chi connectivity index (χ0v) is 11.9. The van der Waals surface area contributed by atoms with Crippen molar-refractivity contribution in [1.29, 1.82) is 0 Å². The zero-order chi connectivity index (χ0) is 13.7. The third-order valence-corrected chi connectivity index (χ3v) is 3.98. The number of rotatable bonds is 4. The van der Waals surface area contributed by atoms with Gasteiger partial charge < -0.3 is 4.74 Å². The number of piperidine rings is 1. The van der Waals surface area contributed by atoms with Crippen molar-refractivity contribution in [3.8, 4) is 0 Å². The summed E-state index contributed by atoms with van der Waals surface area (Å²) in [5, 5.41) is 0. The third-order valence-electron chi connectivity index (χ3n) is 3.98. The van der Waals surface area contributed by atoms with Crippen LogP contribution in [0.3, 0.4) is 0 Å². The Balaban J connectivity index is 2.00. The summed E-state index contributed by atoms with van der Waals surface area (Å²) in [6.45, 7) is 4.44. The molecule has 1 fully saturated rings. The first-order valence-corrected chi connectivity index (χ1v) is 7.16. The number of benzene rings is 1. The first-order valence-electron chi connectivity index (χ1n) is 7.16. The predicted octanol–water partition coefficient (Wildman–Crippen LogP) is 3.24. The second-order valence-corrected chi connectivity index (χ2v) is 5.22. The molecule has 0 aromatic heterocycles. The van der Waals surface area contributed by atoms with Gasteiger partial charge in [0.1, 0.15) is 0 Å². The van der Waals surface area contributed by atoms with Crippen molar-refractivity contribution in [2.24, 2.45) is 0 Å². The molecule has 0 bridgehead atoms. The molecule has 1 heterocycles. The molecule has 1 atom stereocenters. The molecule has 0 radical (unpaired) electrons. The molecule has 0 N–H and O–H groups in total. The van der Waals surface area contributed by atoms with Crippen molar-refractivity contribution in [3.05, 3.63) is 35.4 Å². The summed E-state index contributed by atoms with van der Waals surface area (Å²) in [4.78, 5) is 13.9. The fourth-order valence-electron chi connectivity index (χ4n) is 2.83. The number of ether oxygens (including phenoxy) is 1. The molecule has 3 nitrogen and oxygen atoms in total. The van der Waals surface area contributed by atoms with Gasteiger partial charge in [-0.25, -0.2) is 4.79 Å². The third kappa shape index (κ3) is 3.57. The van der Waals surface area contributed by atoms with Crippen LogP contribution in [0.2, 0.25) is 0 Å². The van der Waals surface area contributed by atoms with Crippen LogP contribution in [0.15, 0.2) is 24.3 Å². The van der Waals surface area contributed by atoms with Gasteiger partial charge in [-0.2, -0.15) is 0 Å². The molecule has 0 unspecified atom stereocenters. The maximum absolute atomic E-state index is 11.4. The number of methoxy groups -OCH3 is 1. The maximum Gasteiger partial charge on any atom is 0.337 e. The van der Waals surface area contributed by atoms with E-state index in [-0.39, 0.29) is 5.97 Å². The molecule has 1 aliphatic heterocycles. The first kappa shape index (κ1) is 14.1. The first-order chi connectivity index (χ1) is 9.24. The Morgan fingerprint density at radius 3 is 2.68 bits per heavy atom. The van der Waals surface area contributed by atoms with Crippen LogP contribution < -0.4 is 0 Å². The number of hydrogen-bond acceptors (Lipinski definition) is 3. The van der Waals surface area contributed by atoms with E-state index in [1.165, 1.54) is 44.9 Å². The highest BCUT2D eigenvalue weighted by Crippen LogP contribution is 2.21. The zero-order valence-electron chi connectivity index (χ0n) is 11.9. The van der Waals surface area contributed by atoms with Crippen LogP contribution in [0, 0.1) is 0 Å². The molecule has 1 aromatic carbocycles. The quantitative estimate of drug-likeness (QED) is 0.779. The van der Waals surface area contributed by atoms with Gasteiger partial charge in [0, 0.05) is 12.6 Å². The number of likely N-dealkylation sites (tertiary alicyclic amines) is 1. The highest BCUT2D eigenvalue weighted by molar-refractivity contribution is 5.89. The van der Waals surface area contributed by atoms with E-state index in [1.807, 2.05) is 24.3 Å². The van der Waals surface area contributed by atoms with Crippen LogP contribution in [0.1, 0.15) is 48.5 Å². The van der Waals surface area contributed by atoms with Crippen LogP contribution in [0.5, 0.6) is 0 Å². The summed E-state index contributed by atoms with van der Waals surface area (Å²) in [5.74, 6) is -0.268. The van der Waals surface area contributed by atoms with Crippen molar-refractivity contribution in [3.63, 3.8) is 0 Å². The van der Waals surface area contributed by atoms with Gasteiger partial charge in [0.25, 0.3) is 0 Å². The molecule has 0 aliphatic carbocycles. The largest absolute Gasteiger partial charge is 0.465 e. The van der Waals surface area contributed by atoms with Gasteiger partial charge in [-0.05, 0) is 43.5 Å². The highest BCUT2D eigenvalue weighted by atomic mass is 16.5. The van der Waals surface area contributed by atoms with Crippen molar-refractivity contribution in [2.45, 2.75) is 45.2 Å². The fraction of sp³-hybridized carbons (Fsp3) is 0.562. The summed E-state index contributed by atoms with van der Waals surface area (Å²) in [6.07, 6.45) is 5.20. The van der Waals surface area contributed by atoms with E-state index < -0.39 is 0 Å². The van der Waals surface area contributed by atoms with Gasteiger partial charge in [0.05, 0.1) is 12.7 Å². The number of nitrogens with zero attached hydrogens (tertiary/aromatic N) is 1. The molecule has 1 saturated heterocycles. The molecule has 1 aromatic rings. The van der Waals surface area contributed by atoms with Crippen LogP contribution in [-0.4, -0.2) is 30.6 Å². The molecular formula is C16H23NO2. The number of carbonyl (C=O) groups excluding carboxylic acids is 1. The summed E-state index contributed by atoms with van der Waals surface area (Å²) < 4.78 is 4.71. The van der Waals surface area contributed by atoms with Gasteiger partial charge in [0.2, 0.25) is 0 Å². The van der Waals surface area contributed by atoms with Crippen molar-refractivity contribution in [1.82, 2.24) is 4.90 Å². The predicted molar refractivity (Wildman–Crippen MR) is 76.1 cm³/mol. The Kier molecular flexibility index (Phi) is 4.97. The minimum Gasteiger partial charge on any atom is -0.465 e. The Morgan fingerprint density at radius 2 is 2.05 bits per heavy atom. The molecule has 1 aliphatic rings. The average Bonchev–Trinajstić information content (AvgIpc) is 2.48. The number of hydrogen-bond donors (Lipinski definition) is 0. The highest BCUT2D eigenvalue weighted by Gasteiger charge is 2.20. The summed E-state index contributed by atoms with van der Waals surface area (Å²) in [6, 6.07) is 8.49. The Bertz CT molecular complexity index is 413. The second kappa shape index (κ2) is 6.71. The number of esters is 1. The van der Waals surface area contributed by atoms with Crippen molar-refractivity contribution in [2.75, 3.05) is 13.7 Å². The number of carbonyl (C=O) groups is 1. The molecule has 19 heavy (non-hydrogen) atoms. The Labute approximate surface area is 115 Å². The Hall–Kier alpha value is -1.35. The maximum atomic E-state index is 11.4. The molecular weight excluding hydrogens is 238 g/mol. The van der Waals surface area contributed by atoms with Gasteiger partial charge in [-0.15, -0.1) is 0 Å². The lowest BCUT2D eigenvalue weighted by atomic mass is 9.99. The monoisotopic (exact) mass is 261 g/mol. The van der Waals surface area contributed by atoms with Crippen LogP contribution >= 0.6 is 0 Å². The lowest BCUT2D eigenvalue weighted by Crippen LogP contribution is -2.38. The fourth-order valence-corrected chi connectivity index (χ4v) is 2.83. The van der Waals surface area contributed by atoms with E-state index in [9.17, 15) is 4.79 Å². The minimum atomic E-state index is -0.268. The van der Waals surface area contributed by atoms with Crippen LogP contribution in [-0.2, 0) is 11.3 Å². The second-order valence-electron chi connectivity index (χ2n) is 5.22. The van der Waals surface area contributed by atoms with Crippen molar-refractivity contribution >= 4 is 5.97 Å². The molecule has 3 heteroatoms. The minimum absolute atomic E-state index is 0.268. The summed E-state index contributed by atoms with van der Waals surface area (Å²) in [5.41, 5.74) is 1.89. The lowest BCUT2D eigenvalue weighted by Gasteiger charge is -2.35. The van der Waals surface area contributed by atoms with E-state index in [2.05, 4.69) is 11.8 Å². The normalized spacial score (nSPS) is 20.2. The molecule has 104 valence electrons. The van der Waals surface area contributed by atoms with Crippen LogP contribution in [0.4, 0.5) is 0 Å². The topological polar surface area (TPSA) is 29.5 Å². The van der Waals surface area contributed by atoms with Gasteiger partial charge in [-0.1, -0.05) is 25.5 Å². The van der Waals surface area contributed by atoms with E-state index in [4.69, 9.17) is 4.74 Å². The van der Waals surface area contributed by atoms with E-state index in [0.29, 0.717) is 11.6 Å². The van der Waals surface area contributed by atoms with Crippen LogP contribution in [0.25, 0.3) is 0 Å². The Morgan fingerprint density at radius 1 is 1.32 bits per heavy atom. The molecule has 2 rings (SSSR count). The van der Waals surface area contributed by atoms with E-state index in [1.54, 1.807) is 0 Å². The summed E-state index contributed by atoms with van der Waals surface area (Å²) >= 11 is 0. The van der Waals surface area contributed by atoms with E-state index in [0.717, 1.165) is 6.54 Å². The van der Waals surface area contributed by atoms with Gasteiger partial charge in [-0.3, -0.25) is 4.90 Å². The van der Waals surface area contributed by atoms with E-state index >= 15 is 0 Å². The van der Waals surface area contributed by atoms with Gasteiger partial charge >= 0.3 is 5.97 Å². The SMILES string of the molecule is CC[C@H]1CCCCN1Cc1ccc(C(=O)OC)cc1. The standard InChI is InChI=1S/C16H23NO2/c1-3-15-6-4-5-11-17(15)12-13-7-9-14(10-8-13)16(18)19-2/h7-10,15H,3-6,11-12H2,1-2H3/t15-/m0/s1. The lowest BCUT2D eigenvalue weighted by molar-refractivity contribution is 0.0600. The smallest absolute Gasteiger partial charge is 0.337 e. The van der Waals surface area contributed by atoms with Crippen molar-refractivity contribution < 1.29 is 9.53 Å².